The van der Waals surface area contributed by atoms with Crippen molar-refractivity contribution in [3.05, 3.63) is 29.8 Å². The standard InChI is InChI=1S/C15H15F3N2O3/c1-23-11-6-4-9(5-7-11)12-8-14(22,15(16,17)18)20(19-12)13(21)10-2-3-10/h4-7,10,22H,2-3,8H2,1H3. The molecule has 1 aromatic rings. The first kappa shape index (κ1) is 15.8. The first-order valence-electron chi connectivity index (χ1n) is 7.11. The summed E-state index contributed by atoms with van der Waals surface area (Å²) in [6, 6.07) is 6.24. The molecule has 1 atom stereocenters. The van der Waals surface area contributed by atoms with Gasteiger partial charge in [0.2, 0.25) is 5.91 Å². The molecule has 1 fully saturated rings. The summed E-state index contributed by atoms with van der Waals surface area (Å²) in [5.74, 6) is -0.722. The van der Waals surface area contributed by atoms with Gasteiger partial charge >= 0.3 is 6.18 Å². The maximum absolute atomic E-state index is 13.3. The van der Waals surface area contributed by atoms with E-state index < -0.39 is 30.1 Å². The summed E-state index contributed by atoms with van der Waals surface area (Å²) in [5.41, 5.74) is -2.87. The molecule has 1 N–H and O–H groups in total. The van der Waals surface area contributed by atoms with Gasteiger partial charge in [-0.1, -0.05) is 0 Å². The monoisotopic (exact) mass is 328 g/mol. The minimum absolute atomic E-state index is 0.0153. The lowest BCUT2D eigenvalue weighted by atomic mass is 10.0. The third-order valence-corrected chi connectivity index (χ3v) is 4.00. The highest BCUT2D eigenvalue weighted by atomic mass is 19.4. The van der Waals surface area contributed by atoms with Crippen LogP contribution >= 0.6 is 0 Å². The molecule has 1 unspecified atom stereocenters. The third kappa shape index (κ3) is 2.67. The van der Waals surface area contributed by atoms with Crippen molar-refractivity contribution < 1.29 is 27.8 Å². The fourth-order valence-electron chi connectivity index (χ4n) is 2.45. The molecule has 1 saturated carbocycles. The van der Waals surface area contributed by atoms with Crippen LogP contribution in [0.4, 0.5) is 13.2 Å². The van der Waals surface area contributed by atoms with Gasteiger partial charge < -0.3 is 9.84 Å². The molecular weight excluding hydrogens is 313 g/mol. The van der Waals surface area contributed by atoms with Crippen LogP contribution in [0.5, 0.6) is 5.75 Å². The molecule has 0 bridgehead atoms. The van der Waals surface area contributed by atoms with Crippen molar-refractivity contribution in [1.29, 1.82) is 0 Å². The number of alkyl halides is 3. The van der Waals surface area contributed by atoms with Crippen LogP contribution < -0.4 is 4.74 Å². The van der Waals surface area contributed by atoms with Gasteiger partial charge in [0.1, 0.15) is 5.75 Å². The fourth-order valence-corrected chi connectivity index (χ4v) is 2.45. The van der Waals surface area contributed by atoms with Crippen LogP contribution in [0.2, 0.25) is 0 Å². The van der Waals surface area contributed by atoms with Crippen LogP contribution in [0.15, 0.2) is 29.4 Å². The molecule has 0 saturated heterocycles. The number of hydrazone groups is 1. The van der Waals surface area contributed by atoms with E-state index >= 15 is 0 Å². The van der Waals surface area contributed by atoms with Crippen molar-refractivity contribution in [2.75, 3.05) is 7.11 Å². The average molecular weight is 328 g/mol. The number of ether oxygens (including phenoxy) is 1. The lowest BCUT2D eigenvalue weighted by Gasteiger charge is -2.32. The van der Waals surface area contributed by atoms with Gasteiger partial charge in [0.05, 0.1) is 19.2 Å². The Labute approximate surface area is 130 Å². The molecule has 124 valence electrons. The minimum Gasteiger partial charge on any atom is -0.497 e. The topological polar surface area (TPSA) is 62.1 Å². The van der Waals surface area contributed by atoms with E-state index in [1.807, 2.05) is 0 Å². The average Bonchev–Trinajstić information content (AvgIpc) is 3.29. The number of halogens is 3. The Hall–Kier alpha value is -2.09. The highest BCUT2D eigenvalue weighted by molar-refractivity contribution is 6.03. The summed E-state index contributed by atoms with van der Waals surface area (Å²) >= 11 is 0. The van der Waals surface area contributed by atoms with Crippen LogP contribution in [0.3, 0.4) is 0 Å². The number of amides is 1. The second-order valence-electron chi connectivity index (χ2n) is 5.69. The SMILES string of the molecule is COc1ccc(C2=NN(C(=O)C3CC3)C(O)(C(F)(F)F)C2)cc1. The number of aliphatic hydroxyl groups is 1. The molecule has 0 spiro atoms. The number of hydrogen-bond donors (Lipinski definition) is 1. The van der Waals surface area contributed by atoms with E-state index in [1.165, 1.54) is 7.11 Å². The van der Waals surface area contributed by atoms with Gasteiger partial charge in [0.25, 0.3) is 5.72 Å². The van der Waals surface area contributed by atoms with Crippen LogP contribution in [-0.4, -0.2) is 40.7 Å². The Morgan fingerprint density at radius 2 is 1.96 bits per heavy atom. The Morgan fingerprint density at radius 1 is 1.35 bits per heavy atom. The molecule has 5 nitrogen and oxygen atoms in total. The number of rotatable bonds is 3. The first-order chi connectivity index (χ1) is 10.8. The summed E-state index contributed by atoms with van der Waals surface area (Å²) in [7, 11) is 1.47. The van der Waals surface area contributed by atoms with E-state index in [-0.39, 0.29) is 10.7 Å². The van der Waals surface area contributed by atoms with Crippen molar-refractivity contribution >= 4 is 11.6 Å². The van der Waals surface area contributed by atoms with Crippen LogP contribution in [0.25, 0.3) is 0 Å². The Kier molecular flexibility index (Phi) is 3.59. The molecule has 23 heavy (non-hydrogen) atoms. The highest BCUT2D eigenvalue weighted by Gasteiger charge is 2.64. The Balaban J connectivity index is 1.95. The maximum Gasteiger partial charge on any atom is 0.438 e. The summed E-state index contributed by atoms with van der Waals surface area (Å²) < 4.78 is 44.9. The van der Waals surface area contributed by atoms with Crippen molar-refractivity contribution in [2.24, 2.45) is 11.0 Å². The van der Waals surface area contributed by atoms with E-state index in [2.05, 4.69) is 5.10 Å². The molecule has 2 aliphatic rings. The zero-order valence-corrected chi connectivity index (χ0v) is 12.3. The number of benzene rings is 1. The summed E-state index contributed by atoms with van der Waals surface area (Å²) in [6.45, 7) is 0. The van der Waals surface area contributed by atoms with E-state index in [0.29, 0.717) is 24.2 Å². The third-order valence-electron chi connectivity index (χ3n) is 4.00. The van der Waals surface area contributed by atoms with Gasteiger partial charge in [0.15, 0.2) is 0 Å². The van der Waals surface area contributed by atoms with Crippen molar-refractivity contribution in [3.63, 3.8) is 0 Å². The molecule has 3 rings (SSSR count). The van der Waals surface area contributed by atoms with E-state index in [1.54, 1.807) is 24.3 Å². The molecule has 0 aromatic heterocycles. The highest BCUT2D eigenvalue weighted by Crippen LogP contribution is 2.44. The summed E-state index contributed by atoms with van der Waals surface area (Å²) in [4.78, 5) is 12.1. The normalized spacial score (nSPS) is 24.6. The lowest BCUT2D eigenvalue weighted by molar-refractivity contribution is -0.302. The second-order valence-corrected chi connectivity index (χ2v) is 5.69. The number of methoxy groups -OCH3 is 1. The number of nitrogens with zero attached hydrogens (tertiary/aromatic N) is 2. The van der Waals surface area contributed by atoms with Crippen LogP contribution in [0.1, 0.15) is 24.8 Å². The van der Waals surface area contributed by atoms with Gasteiger partial charge in [-0.25, -0.2) is 0 Å². The second kappa shape index (κ2) is 5.23. The van der Waals surface area contributed by atoms with Gasteiger partial charge in [-0.05, 0) is 42.7 Å². The zero-order valence-electron chi connectivity index (χ0n) is 12.3. The van der Waals surface area contributed by atoms with Crippen LogP contribution in [-0.2, 0) is 4.79 Å². The molecule has 1 aliphatic carbocycles. The van der Waals surface area contributed by atoms with Gasteiger partial charge in [-0.15, -0.1) is 0 Å². The van der Waals surface area contributed by atoms with E-state index in [4.69, 9.17) is 4.74 Å². The first-order valence-corrected chi connectivity index (χ1v) is 7.11. The van der Waals surface area contributed by atoms with E-state index in [9.17, 15) is 23.1 Å². The predicted molar refractivity (Wildman–Crippen MR) is 74.7 cm³/mol. The maximum atomic E-state index is 13.3. The van der Waals surface area contributed by atoms with Crippen molar-refractivity contribution in [3.8, 4) is 5.75 Å². The van der Waals surface area contributed by atoms with Gasteiger partial charge in [-0.2, -0.15) is 23.3 Å². The number of hydrogen-bond acceptors (Lipinski definition) is 4. The molecule has 1 heterocycles. The molecule has 1 amide bonds. The van der Waals surface area contributed by atoms with Crippen molar-refractivity contribution in [1.82, 2.24) is 5.01 Å². The van der Waals surface area contributed by atoms with E-state index in [0.717, 1.165) is 0 Å². The molecule has 1 aliphatic heterocycles. The smallest absolute Gasteiger partial charge is 0.438 e. The predicted octanol–water partition coefficient (Wildman–Crippen LogP) is 2.29. The summed E-state index contributed by atoms with van der Waals surface area (Å²) in [6.07, 6.45) is -4.73. The fraction of sp³-hybridized carbons (Fsp3) is 0.467. The molecule has 8 heteroatoms. The minimum atomic E-state index is -4.99. The van der Waals surface area contributed by atoms with Crippen LogP contribution in [0, 0.1) is 5.92 Å². The largest absolute Gasteiger partial charge is 0.497 e. The van der Waals surface area contributed by atoms with Gasteiger partial charge in [0, 0.05) is 5.92 Å². The number of carbonyl (C=O) groups excluding carboxylic acids is 1. The molecular formula is C15H15F3N2O3. The number of carbonyl (C=O) groups is 1. The Bertz CT molecular complexity index is 653. The quantitative estimate of drug-likeness (QED) is 0.926. The van der Waals surface area contributed by atoms with Gasteiger partial charge in [-0.3, -0.25) is 4.79 Å². The summed E-state index contributed by atoms with van der Waals surface area (Å²) in [5, 5.41) is 14.1. The van der Waals surface area contributed by atoms with Crippen molar-refractivity contribution in [2.45, 2.75) is 31.2 Å². The zero-order chi connectivity index (χ0) is 16.8. The Morgan fingerprint density at radius 3 is 2.43 bits per heavy atom. The molecule has 1 aromatic carbocycles. The lowest BCUT2D eigenvalue weighted by Crippen LogP contribution is -2.57. The molecule has 0 radical (unpaired) electrons.